The molecule has 3 atom stereocenters. The van der Waals surface area contributed by atoms with E-state index in [1.165, 1.54) is 5.57 Å². The van der Waals surface area contributed by atoms with Crippen LogP contribution in [0.2, 0.25) is 0 Å². The van der Waals surface area contributed by atoms with Gasteiger partial charge in [-0.15, -0.1) is 0 Å². The number of allylic oxidation sites excluding steroid dienone is 3. The van der Waals surface area contributed by atoms with E-state index in [9.17, 15) is 9.59 Å². The zero-order valence-electron chi connectivity index (χ0n) is 16.1. The lowest BCUT2D eigenvalue weighted by atomic mass is 9.65. The molecular formula is C22H27NO3. The number of Topliss-reactive ketones (excluding diaryl/α,β-unsaturated/α-hetero) is 1. The van der Waals surface area contributed by atoms with Gasteiger partial charge in [-0.1, -0.05) is 33.8 Å². The highest BCUT2D eigenvalue weighted by molar-refractivity contribution is 6.07. The van der Waals surface area contributed by atoms with Gasteiger partial charge in [0.2, 0.25) is 5.78 Å². The summed E-state index contributed by atoms with van der Waals surface area (Å²) in [6.45, 7) is 9.78. The molecule has 0 bridgehead atoms. The Balaban J connectivity index is 1.85. The van der Waals surface area contributed by atoms with Crippen LogP contribution >= 0.6 is 0 Å². The van der Waals surface area contributed by atoms with Crippen molar-refractivity contribution < 1.29 is 14.3 Å². The van der Waals surface area contributed by atoms with Gasteiger partial charge in [0.1, 0.15) is 6.61 Å². The molecule has 5 rings (SSSR count). The van der Waals surface area contributed by atoms with E-state index in [4.69, 9.17) is 4.74 Å². The van der Waals surface area contributed by atoms with Crippen molar-refractivity contribution in [1.29, 1.82) is 0 Å². The standard InChI is InChI=1S/C22H27NO3/c1-12(2)14-18(24)19-16-17-15-13(20(25)23(17)10-11-26-19)6-5-7-21(15,3)8-9-22(14,16)4/h6,12,14H,5,7-11H2,1-4H3. The summed E-state index contributed by atoms with van der Waals surface area (Å²) >= 11 is 0. The SMILES string of the molecule is CC(C)C1C(=O)C2=C3C4=C5C(=CCCC5(C)CCC31C)C(=O)N4CCO2. The molecule has 0 aromatic rings. The number of carbonyl (C=O) groups excluding carboxylic acids is 2. The van der Waals surface area contributed by atoms with Crippen LogP contribution in [0.15, 0.2) is 34.3 Å². The monoisotopic (exact) mass is 353 g/mol. The molecule has 3 unspecified atom stereocenters. The first-order valence-corrected chi connectivity index (χ1v) is 9.99. The highest BCUT2D eigenvalue weighted by Gasteiger charge is 2.60. The molecule has 0 aromatic carbocycles. The maximum atomic E-state index is 13.3. The molecule has 5 aliphatic rings. The third kappa shape index (κ3) is 1.71. The molecule has 138 valence electrons. The van der Waals surface area contributed by atoms with Crippen molar-refractivity contribution >= 4 is 11.7 Å². The van der Waals surface area contributed by atoms with Crippen LogP contribution in [0.1, 0.15) is 53.4 Å². The van der Waals surface area contributed by atoms with Crippen LogP contribution < -0.4 is 0 Å². The Hall–Kier alpha value is -1.84. The number of rotatable bonds is 1. The van der Waals surface area contributed by atoms with Crippen LogP contribution in [-0.2, 0) is 14.3 Å². The summed E-state index contributed by atoms with van der Waals surface area (Å²) in [6, 6.07) is 0. The topological polar surface area (TPSA) is 46.6 Å². The fourth-order valence-electron chi connectivity index (χ4n) is 6.38. The zero-order valence-corrected chi connectivity index (χ0v) is 16.1. The molecule has 0 N–H and O–H groups in total. The van der Waals surface area contributed by atoms with Gasteiger partial charge in [-0.2, -0.15) is 0 Å². The summed E-state index contributed by atoms with van der Waals surface area (Å²) in [4.78, 5) is 28.4. The fraction of sp³-hybridized carbons (Fsp3) is 0.636. The van der Waals surface area contributed by atoms with E-state index in [1.54, 1.807) is 0 Å². The molecule has 0 saturated heterocycles. The number of carbonyl (C=O) groups is 2. The van der Waals surface area contributed by atoms with Crippen molar-refractivity contribution in [2.24, 2.45) is 22.7 Å². The lowest BCUT2D eigenvalue weighted by molar-refractivity contribution is -0.126. The van der Waals surface area contributed by atoms with Gasteiger partial charge >= 0.3 is 0 Å². The Morgan fingerprint density at radius 3 is 2.65 bits per heavy atom. The second-order valence-electron chi connectivity index (χ2n) is 9.45. The second-order valence-corrected chi connectivity index (χ2v) is 9.45. The molecule has 26 heavy (non-hydrogen) atoms. The number of ketones is 1. The fourth-order valence-corrected chi connectivity index (χ4v) is 6.38. The molecule has 4 heteroatoms. The highest BCUT2D eigenvalue weighted by atomic mass is 16.5. The molecule has 0 saturated carbocycles. The summed E-state index contributed by atoms with van der Waals surface area (Å²) < 4.78 is 6.02. The van der Waals surface area contributed by atoms with Crippen LogP contribution in [0.5, 0.6) is 0 Å². The van der Waals surface area contributed by atoms with Crippen LogP contribution in [-0.4, -0.2) is 29.7 Å². The first-order valence-electron chi connectivity index (χ1n) is 9.99. The zero-order chi connectivity index (χ0) is 18.4. The number of hydrogen-bond donors (Lipinski definition) is 0. The van der Waals surface area contributed by atoms with Gasteiger partial charge in [0.05, 0.1) is 12.2 Å². The minimum atomic E-state index is -0.248. The van der Waals surface area contributed by atoms with E-state index in [2.05, 4.69) is 33.8 Å². The molecule has 2 heterocycles. The largest absolute Gasteiger partial charge is 0.488 e. The van der Waals surface area contributed by atoms with E-state index in [0.29, 0.717) is 18.9 Å². The van der Waals surface area contributed by atoms with Crippen molar-refractivity contribution in [2.75, 3.05) is 13.2 Å². The first kappa shape index (κ1) is 16.3. The van der Waals surface area contributed by atoms with Gasteiger partial charge in [0.15, 0.2) is 5.76 Å². The Kier molecular flexibility index (Phi) is 3.08. The average Bonchev–Trinajstić information content (AvgIpc) is 2.83. The number of ether oxygens (including phenoxy) is 1. The van der Waals surface area contributed by atoms with Gasteiger partial charge in [-0.05, 0) is 42.6 Å². The predicted octanol–water partition coefficient (Wildman–Crippen LogP) is 3.75. The third-order valence-electron chi connectivity index (χ3n) is 7.55. The van der Waals surface area contributed by atoms with Crippen molar-refractivity contribution in [1.82, 2.24) is 4.90 Å². The van der Waals surface area contributed by atoms with Crippen LogP contribution in [0.3, 0.4) is 0 Å². The molecule has 2 aliphatic heterocycles. The Labute approximate surface area is 155 Å². The maximum absolute atomic E-state index is 13.3. The molecular weight excluding hydrogens is 326 g/mol. The second kappa shape index (κ2) is 4.90. The molecule has 0 fully saturated rings. The van der Waals surface area contributed by atoms with Crippen LogP contribution in [0, 0.1) is 22.7 Å². The van der Waals surface area contributed by atoms with Crippen molar-refractivity contribution in [3.63, 3.8) is 0 Å². The smallest absolute Gasteiger partial charge is 0.258 e. The quantitative estimate of drug-likeness (QED) is 0.721. The Morgan fingerprint density at radius 2 is 1.92 bits per heavy atom. The number of hydrogen-bond acceptors (Lipinski definition) is 3. The summed E-state index contributed by atoms with van der Waals surface area (Å²) in [6.07, 6.45) is 6.17. The van der Waals surface area contributed by atoms with Crippen molar-refractivity contribution in [3.05, 3.63) is 34.3 Å². The molecule has 0 aromatic heterocycles. The third-order valence-corrected chi connectivity index (χ3v) is 7.55. The number of amides is 1. The Morgan fingerprint density at radius 1 is 1.15 bits per heavy atom. The van der Waals surface area contributed by atoms with Gasteiger partial charge in [0, 0.05) is 22.5 Å². The van der Waals surface area contributed by atoms with Gasteiger partial charge in [-0.3, -0.25) is 9.59 Å². The van der Waals surface area contributed by atoms with Crippen molar-refractivity contribution in [3.8, 4) is 0 Å². The lowest BCUT2D eigenvalue weighted by Gasteiger charge is -2.38. The van der Waals surface area contributed by atoms with Gasteiger partial charge in [0.25, 0.3) is 5.91 Å². The average molecular weight is 353 g/mol. The maximum Gasteiger partial charge on any atom is 0.258 e. The minimum absolute atomic E-state index is 0.0181. The lowest BCUT2D eigenvalue weighted by Crippen LogP contribution is -2.37. The minimum Gasteiger partial charge on any atom is -0.488 e. The number of nitrogens with zero attached hydrogens (tertiary/aromatic N) is 1. The molecule has 3 aliphatic carbocycles. The summed E-state index contributed by atoms with van der Waals surface area (Å²) in [5.41, 5.74) is 3.94. The first-order chi connectivity index (χ1) is 12.3. The van der Waals surface area contributed by atoms with Gasteiger partial charge in [-0.25, -0.2) is 0 Å². The van der Waals surface area contributed by atoms with Crippen LogP contribution in [0.4, 0.5) is 0 Å². The Bertz CT molecular complexity index is 845. The normalized spacial score (nSPS) is 38.4. The molecule has 0 radical (unpaired) electrons. The summed E-state index contributed by atoms with van der Waals surface area (Å²) in [7, 11) is 0. The van der Waals surface area contributed by atoms with E-state index in [-0.39, 0.29) is 34.4 Å². The van der Waals surface area contributed by atoms with E-state index < -0.39 is 0 Å². The van der Waals surface area contributed by atoms with E-state index >= 15 is 0 Å². The van der Waals surface area contributed by atoms with Crippen LogP contribution in [0.25, 0.3) is 0 Å². The van der Waals surface area contributed by atoms with Gasteiger partial charge < -0.3 is 9.64 Å². The van der Waals surface area contributed by atoms with Crippen molar-refractivity contribution in [2.45, 2.75) is 53.4 Å². The van der Waals surface area contributed by atoms with E-state index in [0.717, 1.165) is 42.5 Å². The molecule has 1 amide bonds. The molecule has 0 spiro atoms. The highest BCUT2D eigenvalue weighted by Crippen LogP contribution is 2.64. The predicted molar refractivity (Wildman–Crippen MR) is 97.8 cm³/mol. The van der Waals surface area contributed by atoms with E-state index in [1.807, 2.05) is 4.90 Å². The summed E-state index contributed by atoms with van der Waals surface area (Å²) in [5.74, 6) is 1.01. The summed E-state index contributed by atoms with van der Waals surface area (Å²) in [5, 5.41) is 0. The molecule has 4 nitrogen and oxygen atoms in total.